The number of piperidine rings is 1. The van der Waals surface area contributed by atoms with Gasteiger partial charge in [-0.1, -0.05) is 11.6 Å². The Morgan fingerprint density at radius 2 is 1.81 bits per heavy atom. The number of hydrogen-bond donors (Lipinski definition) is 0. The number of benzene rings is 2. The van der Waals surface area contributed by atoms with Crippen molar-refractivity contribution in [3.05, 3.63) is 48.3 Å². The third-order valence-electron chi connectivity index (χ3n) is 4.90. The molecule has 27 heavy (non-hydrogen) atoms. The fourth-order valence-corrected chi connectivity index (χ4v) is 3.49. The highest BCUT2D eigenvalue weighted by atomic mass is 35.5. The monoisotopic (exact) mass is 390 g/mol. The zero-order valence-corrected chi connectivity index (χ0v) is 16.0. The molecule has 2 heterocycles. The molecule has 0 bridgehead atoms. The number of ether oxygens (including phenoxy) is 1. The lowest BCUT2D eigenvalue weighted by Gasteiger charge is -2.26. The molecule has 4 rings (SSSR count). The Bertz CT molecular complexity index is 860. The molecule has 0 atom stereocenters. The van der Waals surface area contributed by atoms with Crippen LogP contribution in [0.1, 0.15) is 25.7 Å². The minimum absolute atomic E-state index is 0. The molecule has 0 amide bonds. The van der Waals surface area contributed by atoms with Crippen molar-refractivity contribution in [2.45, 2.75) is 25.7 Å². The molecule has 6 heteroatoms. The number of rotatable bonds is 6. The zero-order chi connectivity index (χ0) is 17.8. The predicted molar refractivity (Wildman–Crippen MR) is 107 cm³/mol. The molecule has 2 aromatic carbocycles. The molecule has 4 nitrogen and oxygen atoms in total. The van der Waals surface area contributed by atoms with Crippen LogP contribution in [0.4, 0.5) is 4.39 Å². The molecule has 1 aromatic heterocycles. The van der Waals surface area contributed by atoms with Crippen LogP contribution in [0.25, 0.3) is 22.2 Å². The summed E-state index contributed by atoms with van der Waals surface area (Å²) < 4.78 is 24.3. The Morgan fingerprint density at radius 3 is 2.59 bits per heavy atom. The second-order valence-corrected chi connectivity index (χ2v) is 6.80. The fraction of sp³-hybridized carbons (Fsp3) is 0.381. The summed E-state index contributed by atoms with van der Waals surface area (Å²) in [6, 6.07) is 12.3. The molecular weight excluding hydrogens is 367 g/mol. The van der Waals surface area contributed by atoms with E-state index in [1.54, 1.807) is 6.07 Å². The Hall–Kier alpha value is -2.11. The molecular formula is C21H24ClFN2O2. The van der Waals surface area contributed by atoms with Crippen molar-refractivity contribution >= 4 is 23.4 Å². The van der Waals surface area contributed by atoms with Crippen LogP contribution in [-0.4, -0.2) is 36.3 Å². The number of nitrogens with zero attached hydrogens (tertiary/aromatic N) is 2. The first kappa shape index (κ1) is 19.6. The van der Waals surface area contributed by atoms with Gasteiger partial charge in [-0.2, -0.15) is 0 Å². The van der Waals surface area contributed by atoms with Gasteiger partial charge in [-0.3, -0.25) is 0 Å². The van der Waals surface area contributed by atoms with Crippen LogP contribution in [0, 0.1) is 5.82 Å². The van der Waals surface area contributed by atoms with Crippen molar-refractivity contribution in [2.24, 2.45) is 0 Å². The number of hydrogen-bond acceptors (Lipinski definition) is 4. The lowest BCUT2D eigenvalue weighted by Crippen LogP contribution is -2.31. The van der Waals surface area contributed by atoms with Crippen LogP contribution in [0.3, 0.4) is 0 Å². The molecule has 1 aliphatic rings. The van der Waals surface area contributed by atoms with Crippen LogP contribution < -0.4 is 4.74 Å². The van der Waals surface area contributed by atoms with Crippen LogP contribution in [0.2, 0.25) is 0 Å². The molecule has 1 fully saturated rings. The summed E-state index contributed by atoms with van der Waals surface area (Å²) in [5, 5.41) is 4.88. The Labute approximate surface area is 164 Å². The van der Waals surface area contributed by atoms with Crippen LogP contribution in [-0.2, 0) is 0 Å². The van der Waals surface area contributed by atoms with E-state index in [4.69, 9.17) is 9.26 Å². The lowest BCUT2D eigenvalue weighted by molar-refractivity contribution is 0.205. The maximum absolute atomic E-state index is 13.3. The standard InChI is InChI=1S/C21H23FN2O2.ClH/c22-17-7-10-19-20(15-17)26-23-21(19)16-5-8-18(9-6-16)25-14-4-13-24-11-2-1-3-12-24;/h5-10,15H,1-4,11-14H2;1H. The quantitative estimate of drug-likeness (QED) is 0.534. The van der Waals surface area contributed by atoms with Crippen LogP contribution in [0.5, 0.6) is 5.75 Å². The molecule has 3 aromatic rings. The van der Waals surface area contributed by atoms with Gasteiger partial charge in [-0.05, 0) is 68.8 Å². The number of aromatic nitrogens is 1. The fourth-order valence-electron chi connectivity index (χ4n) is 3.49. The Morgan fingerprint density at radius 1 is 1.04 bits per heavy atom. The molecule has 144 valence electrons. The summed E-state index contributed by atoms with van der Waals surface area (Å²) in [7, 11) is 0. The Balaban J connectivity index is 0.00000210. The highest BCUT2D eigenvalue weighted by Crippen LogP contribution is 2.29. The first-order chi connectivity index (χ1) is 12.8. The average Bonchev–Trinajstić information content (AvgIpc) is 3.09. The van der Waals surface area contributed by atoms with E-state index in [0.717, 1.165) is 42.0 Å². The van der Waals surface area contributed by atoms with Crippen LogP contribution in [0.15, 0.2) is 47.0 Å². The highest BCUT2D eigenvalue weighted by molar-refractivity contribution is 5.91. The van der Waals surface area contributed by atoms with Gasteiger partial charge >= 0.3 is 0 Å². The normalized spacial score (nSPS) is 14.9. The Kier molecular flexibility index (Phi) is 6.69. The third-order valence-corrected chi connectivity index (χ3v) is 4.90. The zero-order valence-electron chi connectivity index (χ0n) is 15.2. The maximum Gasteiger partial charge on any atom is 0.170 e. The number of fused-ring (bicyclic) bond motifs is 1. The highest BCUT2D eigenvalue weighted by Gasteiger charge is 2.12. The van der Waals surface area contributed by atoms with Crippen molar-refractivity contribution in [2.75, 3.05) is 26.2 Å². The summed E-state index contributed by atoms with van der Waals surface area (Å²) in [6.07, 6.45) is 5.06. The molecule has 0 radical (unpaired) electrons. The van der Waals surface area contributed by atoms with E-state index in [1.165, 1.54) is 44.5 Å². The van der Waals surface area contributed by atoms with Gasteiger partial charge in [0.15, 0.2) is 5.58 Å². The van der Waals surface area contributed by atoms with Crippen molar-refractivity contribution in [1.29, 1.82) is 0 Å². The first-order valence-corrected chi connectivity index (χ1v) is 9.30. The topological polar surface area (TPSA) is 38.5 Å². The van der Waals surface area contributed by atoms with E-state index in [2.05, 4.69) is 10.1 Å². The van der Waals surface area contributed by atoms with Gasteiger partial charge in [-0.15, -0.1) is 12.4 Å². The van der Waals surface area contributed by atoms with Crippen molar-refractivity contribution in [3.8, 4) is 17.0 Å². The molecule has 0 aliphatic carbocycles. The number of halogens is 2. The van der Waals surface area contributed by atoms with Crippen molar-refractivity contribution in [3.63, 3.8) is 0 Å². The van der Waals surface area contributed by atoms with E-state index in [9.17, 15) is 4.39 Å². The van der Waals surface area contributed by atoms with Crippen molar-refractivity contribution < 1.29 is 13.7 Å². The van der Waals surface area contributed by atoms with E-state index < -0.39 is 0 Å². The van der Waals surface area contributed by atoms with E-state index in [0.29, 0.717) is 5.58 Å². The van der Waals surface area contributed by atoms with Gasteiger partial charge in [0.25, 0.3) is 0 Å². The minimum atomic E-state index is -0.325. The maximum atomic E-state index is 13.3. The number of likely N-dealkylation sites (tertiary alicyclic amines) is 1. The van der Waals surface area contributed by atoms with Gasteiger partial charge < -0.3 is 14.2 Å². The average molecular weight is 391 g/mol. The molecule has 0 saturated carbocycles. The molecule has 0 N–H and O–H groups in total. The van der Waals surface area contributed by atoms with E-state index in [-0.39, 0.29) is 18.2 Å². The molecule has 0 unspecified atom stereocenters. The van der Waals surface area contributed by atoms with Crippen molar-refractivity contribution in [1.82, 2.24) is 10.1 Å². The summed E-state index contributed by atoms with van der Waals surface area (Å²) in [5.74, 6) is 0.528. The molecule has 1 aliphatic heterocycles. The van der Waals surface area contributed by atoms with Gasteiger partial charge in [0, 0.05) is 23.6 Å². The third kappa shape index (κ3) is 4.79. The second-order valence-electron chi connectivity index (χ2n) is 6.80. The summed E-state index contributed by atoms with van der Waals surface area (Å²) in [6.45, 7) is 4.29. The molecule has 0 spiro atoms. The summed E-state index contributed by atoms with van der Waals surface area (Å²) in [5.41, 5.74) is 2.10. The van der Waals surface area contributed by atoms with Gasteiger partial charge in [0.05, 0.1) is 6.61 Å². The SMILES string of the molecule is Cl.Fc1ccc2c(-c3ccc(OCCCN4CCCCC4)cc3)noc2c1. The summed E-state index contributed by atoms with van der Waals surface area (Å²) >= 11 is 0. The van der Waals surface area contributed by atoms with E-state index >= 15 is 0 Å². The smallest absolute Gasteiger partial charge is 0.170 e. The first-order valence-electron chi connectivity index (χ1n) is 9.30. The van der Waals surface area contributed by atoms with Gasteiger partial charge in [0.1, 0.15) is 17.3 Å². The largest absolute Gasteiger partial charge is 0.494 e. The lowest BCUT2D eigenvalue weighted by atomic mass is 10.1. The van der Waals surface area contributed by atoms with E-state index in [1.807, 2.05) is 24.3 Å². The second kappa shape index (κ2) is 9.20. The van der Waals surface area contributed by atoms with Gasteiger partial charge in [0.2, 0.25) is 0 Å². The minimum Gasteiger partial charge on any atom is -0.494 e. The summed E-state index contributed by atoms with van der Waals surface area (Å²) in [4.78, 5) is 2.52. The predicted octanol–water partition coefficient (Wildman–Crippen LogP) is 5.31. The van der Waals surface area contributed by atoms with Crippen LogP contribution >= 0.6 is 12.4 Å². The van der Waals surface area contributed by atoms with Gasteiger partial charge in [-0.25, -0.2) is 4.39 Å². The molecule has 1 saturated heterocycles.